The van der Waals surface area contributed by atoms with Crippen LogP contribution >= 0.6 is 11.8 Å². The predicted octanol–water partition coefficient (Wildman–Crippen LogP) is 2.68. The van der Waals surface area contributed by atoms with Gasteiger partial charge in [-0.2, -0.15) is 0 Å². The number of thioether (sulfide) groups is 1. The van der Waals surface area contributed by atoms with Crippen molar-refractivity contribution in [2.45, 2.75) is 13.0 Å². The largest absolute Gasteiger partial charge is 0.322 e. The van der Waals surface area contributed by atoms with Crippen molar-refractivity contribution in [3.8, 4) is 0 Å². The van der Waals surface area contributed by atoms with Gasteiger partial charge >= 0.3 is 0 Å². The van der Waals surface area contributed by atoms with Crippen LogP contribution in [-0.4, -0.2) is 39.4 Å². The van der Waals surface area contributed by atoms with Crippen molar-refractivity contribution in [3.63, 3.8) is 0 Å². The Morgan fingerprint density at radius 3 is 2.79 bits per heavy atom. The molecule has 1 aromatic heterocycles. The van der Waals surface area contributed by atoms with Gasteiger partial charge in [-0.1, -0.05) is 12.1 Å². The molecule has 0 unspecified atom stereocenters. The molecule has 24 heavy (non-hydrogen) atoms. The average Bonchev–Trinajstić information content (AvgIpc) is 3.07. The number of aromatic nitrogens is 1. The highest BCUT2D eigenvalue weighted by molar-refractivity contribution is 7.99. The summed E-state index contributed by atoms with van der Waals surface area (Å²) in [6.45, 7) is 1.84. The minimum Gasteiger partial charge on any atom is -0.322 e. The molecule has 1 saturated heterocycles. The van der Waals surface area contributed by atoms with E-state index < -0.39 is 17.8 Å². The van der Waals surface area contributed by atoms with Crippen molar-refractivity contribution in [1.29, 1.82) is 0 Å². The van der Waals surface area contributed by atoms with Crippen molar-refractivity contribution in [2.24, 2.45) is 0 Å². The Kier molecular flexibility index (Phi) is 4.80. The zero-order valence-electron chi connectivity index (χ0n) is 13.0. The standard InChI is InChI=1S/C17H16FN3O2S/c1-11-6-7-12(8-19-11)17(23)21-10-24-9-15(21)16(22)20-14-5-3-2-4-13(14)18/h2-8,15H,9-10H2,1H3,(H,20,22)/t15-/m0/s1. The molecule has 1 fully saturated rings. The van der Waals surface area contributed by atoms with Gasteiger partial charge in [0.25, 0.3) is 5.91 Å². The summed E-state index contributed by atoms with van der Waals surface area (Å²) in [6.07, 6.45) is 1.51. The number of rotatable bonds is 3. The zero-order valence-corrected chi connectivity index (χ0v) is 13.8. The van der Waals surface area contributed by atoms with Gasteiger partial charge in [-0.25, -0.2) is 4.39 Å². The summed E-state index contributed by atoms with van der Waals surface area (Å²) in [7, 11) is 0. The number of para-hydroxylation sites is 1. The Hall–Kier alpha value is -2.41. The van der Waals surface area contributed by atoms with Gasteiger partial charge in [-0.3, -0.25) is 14.6 Å². The smallest absolute Gasteiger partial charge is 0.256 e. The van der Waals surface area contributed by atoms with Crippen molar-refractivity contribution >= 4 is 29.3 Å². The van der Waals surface area contributed by atoms with E-state index in [2.05, 4.69) is 10.3 Å². The molecule has 124 valence electrons. The van der Waals surface area contributed by atoms with Gasteiger partial charge in [0.15, 0.2) is 0 Å². The van der Waals surface area contributed by atoms with E-state index in [9.17, 15) is 14.0 Å². The lowest BCUT2D eigenvalue weighted by Crippen LogP contribution is -2.44. The number of benzene rings is 1. The molecule has 1 atom stereocenters. The fourth-order valence-electron chi connectivity index (χ4n) is 2.40. The second-order valence-corrected chi connectivity index (χ2v) is 6.45. The number of nitrogens with one attached hydrogen (secondary N) is 1. The molecular weight excluding hydrogens is 329 g/mol. The van der Waals surface area contributed by atoms with Crippen molar-refractivity contribution < 1.29 is 14.0 Å². The van der Waals surface area contributed by atoms with E-state index in [1.807, 2.05) is 6.92 Å². The van der Waals surface area contributed by atoms with E-state index in [0.717, 1.165) is 5.69 Å². The van der Waals surface area contributed by atoms with Crippen LogP contribution in [0.2, 0.25) is 0 Å². The Labute approximate surface area is 143 Å². The first-order valence-corrected chi connectivity index (χ1v) is 8.58. The van der Waals surface area contributed by atoms with Crippen LogP contribution in [0.4, 0.5) is 10.1 Å². The fourth-order valence-corrected chi connectivity index (χ4v) is 3.55. The summed E-state index contributed by atoms with van der Waals surface area (Å²) >= 11 is 1.49. The number of nitrogens with zero attached hydrogens (tertiary/aromatic N) is 2. The van der Waals surface area contributed by atoms with Gasteiger partial charge in [0.2, 0.25) is 5.91 Å². The molecule has 0 spiro atoms. The number of hydrogen-bond acceptors (Lipinski definition) is 4. The number of carbonyl (C=O) groups is 2. The third-order valence-electron chi connectivity index (χ3n) is 3.74. The van der Waals surface area contributed by atoms with Crippen molar-refractivity contribution in [1.82, 2.24) is 9.88 Å². The molecular formula is C17H16FN3O2S. The Balaban J connectivity index is 1.75. The van der Waals surface area contributed by atoms with Crippen LogP contribution in [0, 0.1) is 12.7 Å². The number of aryl methyl sites for hydroxylation is 1. The average molecular weight is 345 g/mol. The van der Waals surface area contributed by atoms with Gasteiger partial charge in [-0.15, -0.1) is 11.8 Å². The predicted molar refractivity (Wildman–Crippen MR) is 91.3 cm³/mol. The molecule has 2 aromatic rings. The lowest BCUT2D eigenvalue weighted by atomic mass is 10.2. The molecule has 0 radical (unpaired) electrons. The zero-order chi connectivity index (χ0) is 17.1. The van der Waals surface area contributed by atoms with Crippen LogP contribution in [0.15, 0.2) is 42.6 Å². The second kappa shape index (κ2) is 7.00. The molecule has 0 bridgehead atoms. The molecule has 1 aliphatic rings. The fraction of sp³-hybridized carbons (Fsp3) is 0.235. The normalized spacial score (nSPS) is 16.9. The van der Waals surface area contributed by atoms with Gasteiger partial charge in [0.1, 0.15) is 11.9 Å². The number of hydrogen-bond donors (Lipinski definition) is 1. The summed E-state index contributed by atoms with van der Waals surface area (Å²) in [6, 6.07) is 8.78. The minimum absolute atomic E-state index is 0.115. The molecule has 0 aliphatic carbocycles. The number of pyridine rings is 1. The Morgan fingerprint density at radius 1 is 1.29 bits per heavy atom. The number of carbonyl (C=O) groups excluding carboxylic acids is 2. The Morgan fingerprint density at radius 2 is 2.08 bits per heavy atom. The van der Waals surface area contributed by atoms with Crippen LogP contribution in [-0.2, 0) is 4.79 Å². The van der Waals surface area contributed by atoms with Crippen LogP contribution in [0.5, 0.6) is 0 Å². The van der Waals surface area contributed by atoms with E-state index >= 15 is 0 Å². The monoisotopic (exact) mass is 345 g/mol. The highest BCUT2D eigenvalue weighted by Crippen LogP contribution is 2.24. The maximum atomic E-state index is 13.7. The lowest BCUT2D eigenvalue weighted by molar-refractivity contribution is -0.119. The summed E-state index contributed by atoms with van der Waals surface area (Å²) in [5, 5.41) is 2.56. The topological polar surface area (TPSA) is 62.3 Å². The van der Waals surface area contributed by atoms with Crippen LogP contribution < -0.4 is 5.32 Å². The molecule has 1 aromatic carbocycles. The SMILES string of the molecule is Cc1ccc(C(=O)N2CSC[C@H]2C(=O)Nc2ccccc2F)cn1. The molecule has 2 amide bonds. The van der Waals surface area contributed by atoms with E-state index in [1.165, 1.54) is 35.0 Å². The number of amides is 2. The third kappa shape index (κ3) is 3.41. The van der Waals surface area contributed by atoms with E-state index in [-0.39, 0.29) is 11.6 Å². The van der Waals surface area contributed by atoms with E-state index in [0.29, 0.717) is 17.2 Å². The highest BCUT2D eigenvalue weighted by Gasteiger charge is 2.35. The third-order valence-corrected chi connectivity index (χ3v) is 4.75. The summed E-state index contributed by atoms with van der Waals surface area (Å²) in [4.78, 5) is 30.7. The second-order valence-electron chi connectivity index (χ2n) is 5.45. The summed E-state index contributed by atoms with van der Waals surface area (Å²) in [5.74, 6) is -0.246. The quantitative estimate of drug-likeness (QED) is 0.929. The molecule has 2 heterocycles. The maximum absolute atomic E-state index is 13.7. The van der Waals surface area contributed by atoms with Crippen molar-refractivity contribution in [3.05, 3.63) is 59.7 Å². The number of anilines is 1. The van der Waals surface area contributed by atoms with Gasteiger partial charge in [0.05, 0.1) is 17.1 Å². The Bertz CT molecular complexity index is 767. The first kappa shape index (κ1) is 16.4. The first-order chi connectivity index (χ1) is 11.6. The van der Waals surface area contributed by atoms with Gasteiger partial charge in [0, 0.05) is 17.6 Å². The molecule has 1 aliphatic heterocycles. The van der Waals surface area contributed by atoms with E-state index in [4.69, 9.17) is 0 Å². The highest BCUT2D eigenvalue weighted by atomic mass is 32.2. The van der Waals surface area contributed by atoms with E-state index in [1.54, 1.807) is 24.3 Å². The molecule has 7 heteroatoms. The molecule has 3 rings (SSSR count). The van der Waals surface area contributed by atoms with Gasteiger partial charge < -0.3 is 10.2 Å². The summed E-state index contributed by atoms with van der Waals surface area (Å²) in [5.41, 5.74) is 1.37. The van der Waals surface area contributed by atoms with Crippen LogP contribution in [0.1, 0.15) is 16.1 Å². The summed E-state index contributed by atoms with van der Waals surface area (Å²) < 4.78 is 13.7. The minimum atomic E-state index is -0.636. The molecule has 5 nitrogen and oxygen atoms in total. The number of halogens is 1. The molecule has 1 N–H and O–H groups in total. The van der Waals surface area contributed by atoms with Crippen LogP contribution in [0.3, 0.4) is 0 Å². The molecule has 0 saturated carbocycles. The first-order valence-electron chi connectivity index (χ1n) is 7.43. The lowest BCUT2D eigenvalue weighted by Gasteiger charge is -2.23. The van der Waals surface area contributed by atoms with Crippen molar-refractivity contribution in [2.75, 3.05) is 16.9 Å². The van der Waals surface area contributed by atoms with Gasteiger partial charge in [-0.05, 0) is 31.2 Å². The van der Waals surface area contributed by atoms with Crippen LogP contribution in [0.25, 0.3) is 0 Å². The maximum Gasteiger partial charge on any atom is 0.256 e.